The highest BCUT2D eigenvalue weighted by Crippen LogP contribution is 2.09. The van der Waals surface area contributed by atoms with Crippen LogP contribution in [0.4, 0.5) is 0 Å². The zero-order valence-corrected chi connectivity index (χ0v) is 10.2. The highest BCUT2D eigenvalue weighted by molar-refractivity contribution is 5.81. The third-order valence-corrected chi connectivity index (χ3v) is 2.87. The van der Waals surface area contributed by atoms with Crippen molar-refractivity contribution in [2.75, 3.05) is 26.2 Å². The first kappa shape index (κ1) is 12.9. The Morgan fingerprint density at radius 2 is 2.22 bits per heavy atom. The fourth-order valence-electron chi connectivity index (χ4n) is 1.84. The molecule has 1 unspecified atom stereocenters. The average molecular weight is 250 g/mol. The fraction of sp³-hybridized carbons (Fsp3) is 0.462. The number of carbonyl (C=O) groups excluding carboxylic acids is 1. The van der Waals surface area contributed by atoms with E-state index in [0.717, 1.165) is 18.5 Å². The molecule has 1 saturated heterocycles. The average Bonchev–Trinajstić information content (AvgIpc) is 2.42. The molecule has 1 aromatic carbocycles. The molecule has 0 bridgehead atoms. The van der Waals surface area contributed by atoms with E-state index in [2.05, 4.69) is 10.6 Å². The van der Waals surface area contributed by atoms with Crippen LogP contribution in [-0.4, -0.2) is 43.4 Å². The quantitative estimate of drug-likeness (QED) is 0.705. The molecule has 0 spiro atoms. The summed E-state index contributed by atoms with van der Waals surface area (Å²) in [5, 5.41) is 15.1. The van der Waals surface area contributed by atoms with Gasteiger partial charge in [-0.1, -0.05) is 12.1 Å². The molecule has 1 fully saturated rings. The maximum absolute atomic E-state index is 11.7. The van der Waals surface area contributed by atoms with Gasteiger partial charge in [0.2, 0.25) is 5.91 Å². The molecule has 0 radical (unpaired) electrons. The number of amides is 1. The lowest BCUT2D eigenvalue weighted by atomic mass is 10.1. The largest absolute Gasteiger partial charge is 0.508 e. The molecular weight excluding hydrogens is 232 g/mol. The Kier molecular flexibility index (Phi) is 4.55. The van der Waals surface area contributed by atoms with Gasteiger partial charge in [-0.25, -0.2) is 0 Å². The number of aromatic hydroxyl groups is 1. The van der Waals surface area contributed by atoms with Crippen molar-refractivity contribution < 1.29 is 14.6 Å². The fourth-order valence-corrected chi connectivity index (χ4v) is 1.84. The van der Waals surface area contributed by atoms with Crippen LogP contribution < -0.4 is 10.6 Å². The predicted octanol–water partition coefficient (Wildman–Crippen LogP) is 0.0393. The zero-order chi connectivity index (χ0) is 12.8. The number of benzene rings is 1. The molecule has 1 aliphatic rings. The van der Waals surface area contributed by atoms with Gasteiger partial charge >= 0.3 is 0 Å². The van der Waals surface area contributed by atoms with Crippen molar-refractivity contribution in [2.24, 2.45) is 0 Å². The Morgan fingerprint density at radius 1 is 1.44 bits per heavy atom. The van der Waals surface area contributed by atoms with Gasteiger partial charge in [0.15, 0.2) is 0 Å². The summed E-state index contributed by atoms with van der Waals surface area (Å²) in [7, 11) is 0. The van der Waals surface area contributed by atoms with Crippen LogP contribution >= 0.6 is 0 Å². The Bertz CT molecular complexity index is 386. The number of hydrogen-bond donors (Lipinski definition) is 3. The van der Waals surface area contributed by atoms with Crippen molar-refractivity contribution in [3.63, 3.8) is 0 Å². The first-order valence-electron chi connectivity index (χ1n) is 6.13. The molecule has 1 atom stereocenters. The van der Waals surface area contributed by atoms with Gasteiger partial charge in [-0.3, -0.25) is 4.79 Å². The lowest BCUT2D eigenvalue weighted by molar-refractivity contribution is -0.134. The standard InChI is InChI=1S/C13H18N2O3/c16-11-3-1-10(2-4-11)5-6-15-13(17)12-9-14-7-8-18-12/h1-4,12,14,16H,5-9H2,(H,15,17). The number of morpholine rings is 1. The number of ether oxygens (including phenoxy) is 1. The lowest BCUT2D eigenvalue weighted by Crippen LogP contribution is -2.48. The highest BCUT2D eigenvalue weighted by Gasteiger charge is 2.20. The summed E-state index contributed by atoms with van der Waals surface area (Å²) in [5.41, 5.74) is 1.08. The maximum Gasteiger partial charge on any atom is 0.250 e. The van der Waals surface area contributed by atoms with Crippen LogP contribution in [0.25, 0.3) is 0 Å². The highest BCUT2D eigenvalue weighted by atomic mass is 16.5. The summed E-state index contributed by atoms with van der Waals surface area (Å²) in [5.74, 6) is 0.186. The van der Waals surface area contributed by atoms with Crippen LogP contribution in [0.5, 0.6) is 5.75 Å². The van der Waals surface area contributed by atoms with Crippen molar-refractivity contribution in [3.05, 3.63) is 29.8 Å². The number of phenols is 1. The third kappa shape index (κ3) is 3.72. The van der Waals surface area contributed by atoms with E-state index in [0.29, 0.717) is 19.7 Å². The topological polar surface area (TPSA) is 70.6 Å². The zero-order valence-electron chi connectivity index (χ0n) is 10.2. The molecule has 2 rings (SSSR count). The minimum atomic E-state index is -0.376. The van der Waals surface area contributed by atoms with Crippen molar-refractivity contribution in [2.45, 2.75) is 12.5 Å². The summed E-state index contributed by atoms with van der Waals surface area (Å²) in [4.78, 5) is 11.7. The lowest BCUT2D eigenvalue weighted by Gasteiger charge is -2.22. The molecule has 18 heavy (non-hydrogen) atoms. The van der Waals surface area contributed by atoms with Gasteiger partial charge in [0.05, 0.1) is 6.61 Å². The van der Waals surface area contributed by atoms with Gasteiger partial charge in [0, 0.05) is 19.6 Å². The van der Waals surface area contributed by atoms with Gasteiger partial charge in [0.1, 0.15) is 11.9 Å². The molecule has 5 nitrogen and oxygen atoms in total. The molecule has 98 valence electrons. The van der Waals surface area contributed by atoms with Crippen molar-refractivity contribution in [1.82, 2.24) is 10.6 Å². The summed E-state index contributed by atoms with van der Waals surface area (Å²) < 4.78 is 5.35. The molecular formula is C13H18N2O3. The van der Waals surface area contributed by atoms with E-state index < -0.39 is 0 Å². The third-order valence-electron chi connectivity index (χ3n) is 2.87. The summed E-state index contributed by atoms with van der Waals surface area (Å²) in [6, 6.07) is 6.98. The maximum atomic E-state index is 11.7. The van der Waals surface area contributed by atoms with Crippen LogP contribution in [0, 0.1) is 0 Å². The van der Waals surface area contributed by atoms with Crippen molar-refractivity contribution in [1.29, 1.82) is 0 Å². The van der Waals surface area contributed by atoms with Gasteiger partial charge < -0.3 is 20.5 Å². The van der Waals surface area contributed by atoms with E-state index in [1.165, 1.54) is 0 Å². The van der Waals surface area contributed by atoms with Crippen LogP contribution in [0.15, 0.2) is 24.3 Å². The molecule has 5 heteroatoms. The van der Waals surface area contributed by atoms with Gasteiger partial charge in [0.25, 0.3) is 0 Å². The van der Waals surface area contributed by atoms with Crippen LogP contribution in [0.1, 0.15) is 5.56 Å². The molecule has 3 N–H and O–H groups in total. The van der Waals surface area contributed by atoms with E-state index in [1.54, 1.807) is 12.1 Å². The molecule has 0 aliphatic carbocycles. The molecule has 0 saturated carbocycles. The number of hydrogen-bond acceptors (Lipinski definition) is 4. The van der Waals surface area contributed by atoms with E-state index >= 15 is 0 Å². The van der Waals surface area contributed by atoms with E-state index in [9.17, 15) is 4.79 Å². The van der Waals surface area contributed by atoms with Crippen molar-refractivity contribution in [3.8, 4) is 5.75 Å². The second-order valence-electron chi connectivity index (χ2n) is 4.27. The number of rotatable bonds is 4. The second kappa shape index (κ2) is 6.37. The second-order valence-corrected chi connectivity index (χ2v) is 4.27. The number of nitrogens with one attached hydrogen (secondary N) is 2. The Hall–Kier alpha value is -1.59. The van der Waals surface area contributed by atoms with E-state index in [4.69, 9.17) is 9.84 Å². The monoisotopic (exact) mass is 250 g/mol. The normalized spacial score (nSPS) is 19.4. The first-order chi connectivity index (χ1) is 8.75. The summed E-state index contributed by atoms with van der Waals surface area (Å²) in [6.45, 7) is 2.53. The number of phenolic OH excluding ortho intramolecular Hbond substituents is 1. The van der Waals surface area contributed by atoms with Crippen LogP contribution in [0.3, 0.4) is 0 Å². The Morgan fingerprint density at radius 3 is 2.89 bits per heavy atom. The van der Waals surface area contributed by atoms with Gasteiger partial charge in [-0.15, -0.1) is 0 Å². The van der Waals surface area contributed by atoms with E-state index in [1.807, 2.05) is 12.1 Å². The summed E-state index contributed by atoms with van der Waals surface area (Å²) >= 11 is 0. The molecule has 0 aromatic heterocycles. The van der Waals surface area contributed by atoms with Crippen molar-refractivity contribution >= 4 is 5.91 Å². The minimum absolute atomic E-state index is 0.0685. The molecule has 1 aromatic rings. The van der Waals surface area contributed by atoms with Gasteiger partial charge in [-0.2, -0.15) is 0 Å². The van der Waals surface area contributed by atoms with Crippen LogP contribution in [0.2, 0.25) is 0 Å². The summed E-state index contributed by atoms with van der Waals surface area (Å²) in [6.07, 6.45) is 0.366. The smallest absolute Gasteiger partial charge is 0.250 e. The minimum Gasteiger partial charge on any atom is -0.508 e. The first-order valence-corrected chi connectivity index (χ1v) is 6.13. The predicted molar refractivity (Wildman–Crippen MR) is 67.4 cm³/mol. The SMILES string of the molecule is O=C(NCCc1ccc(O)cc1)C1CNCCO1. The molecule has 1 amide bonds. The van der Waals surface area contributed by atoms with E-state index in [-0.39, 0.29) is 17.8 Å². The molecule has 1 heterocycles. The van der Waals surface area contributed by atoms with Crippen LogP contribution in [-0.2, 0) is 16.0 Å². The van der Waals surface area contributed by atoms with Gasteiger partial charge in [-0.05, 0) is 24.1 Å². The molecule has 1 aliphatic heterocycles. The number of carbonyl (C=O) groups is 1. The Labute approximate surface area is 106 Å². The Balaban J connectivity index is 1.71.